The minimum atomic E-state index is 1.11. The molecule has 1 aromatic heterocycles. The van der Waals surface area contributed by atoms with Crippen LogP contribution in [0.3, 0.4) is 0 Å². The van der Waals surface area contributed by atoms with Crippen molar-refractivity contribution in [2.45, 2.75) is 45.6 Å². The van der Waals surface area contributed by atoms with Crippen LogP contribution in [-0.2, 0) is 19.4 Å². The molecule has 3 heteroatoms. The molecule has 1 aliphatic carbocycles. The third-order valence-electron chi connectivity index (χ3n) is 3.57. The molecule has 0 bridgehead atoms. The van der Waals surface area contributed by atoms with Crippen molar-refractivity contribution < 1.29 is 0 Å². The van der Waals surface area contributed by atoms with Gasteiger partial charge in [0.05, 0.1) is 0 Å². The Labute approximate surface area is 115 Å². The van der Waals surface area contributed by atoms with E-state index in [0.29, 0.717) is 0 Å². The molecule has 18 heavy (non-hydrogen) atoms. The van der Waals surface area contributed by atoms with Gasteiger partial charge in [0.1, 0.15) is 0 Å². The first-order chi connectivity index (χ1) is 8.79. The zero-order valence-electron chi connectivity index (χ0n) is 11.8. The number of fused-ring (bicyclic) bond motifs is 1. The monoisotopic (exact) mass is 266 g/mol. The molecule has 0 amide bonds. The molecule has 0 aliphatic heterocycles. The molecule has 102 valence electrons. The zero-order valence-corrected chi connectivity index (χ0v) is 12.6. The topological polar surface area (TPSA) is 15.3 Å². The first-order valence-corrected chi connectivity index (χ1v) is 8.11. The van der Waals surface area contributed by atoms with Crippen LogP contribution in [0.4, 0.5) is 0 Å². The molecular formula is C15H26N2S. The standard InChI is InChI=1S/C15H26N2S/c1-3-8-16-9-10-17(2)12-14-11-13-6-4-5-7-15(13)18-14/h11,16H,3-10,12H2,1-2H3. The van der Waals surface area contributed by atoms with Crippen LogP contribution < -0.4 is 5.32 Å². The lowest BCUT2D eigenvalue weighted by Gasteiger charge is -2.15. The van der Waals surface area contributed by atoms with Crippen molar-refractivity contribution in [2.24, 2.45) is 0 Å². The van der Waals surface area contributed by atoms with Gasteiger partial charge in [0.25, 0.3) is 0 Å². The van der Waals surface area contributed by atoms with Crippen molar-refractivity contribution in [3.8, 4) is 0 Å². The molecule has 1 heterocycles. The van der Waals surface area contributed by atoms with Gasteiger partial charge in [-0.05, 0) is 57.3 Å². The number of nitrogens with zero attached hydrogens (tertiary/aromatic N) is 1. The summed E-state index contributed by atoms with van der Waals surface area (Å²) in [6.45, 7) is 6.72. The highest BCUT2D eigenvalue weighted by Gasteiger charge is 2.13. The quantitative estimate of drug-likeness (QED) is 0.763. The second-order valence-corrected chi connectivity index (χ2v) is 6.58. The maximum Gasteiger partial charge on any atom is 0.0325 e. The lowest BCUT2D eigenvalue weighted by Crippen LogP contribution is -2.29. The lowest BCUT2D eigenvalue weighted by atomic mass is 9.99. The van der Waals surface area contributed by atoms with Crippen molar-refractivity contribution in [1.82, 2.24) is 10.2 Å². The molecular weight excluding hydrogens is 240 g/mol. The number of rotatable bonds is 7. The molecule has 0 unspecified atom stereocenters. The van der Waals surface area contributed by atoms with Crippen LogP contribution in [0.25, 0.3) is 0 Å². The van der Waals surface area contributed by atoms with Crippen molar-refractivity contribution in [2.75, 3.05) is 26.7 Å². The van der Waals surface area contributed by atoms with E-state index in [1.165, 1.54) is 32.1 Å². The third-order valence-corrected chi connectivity index (χ3v) is 4.79. The third kappa shape index (κ3) is 4.08. The van der Waals surface area contributed by atoms with E-state index in [1.54, 1.807) is 15.3 Å². The Morgan fingerprint density at radius 3 is 2.89 bits per heavy atom. The van der Waals surface area contributed by atoms with Gasteiger partial charge in [0.15, 0.2) is 0 Å². The molecule has 0 aromatic carbocycles. The highest BCUT2D eigenvalue weighted by molar-refractivity contribution is 7.12. The molecule has 1 aliphatic rings. The van der Waals surface area contributed by atoms with Crippen LogP contribution >= 0.6 is 11.3 Å². The zero-order chi connectivity index (χ0) is 12.8. The summed E-state index contributed by atoms with van der Waals surface area (Å²) in [6.07, 6.45) is 6.64. The fourth-order valence-corrected chi connectivity index (χ4v) is 3.89. The van der Waals surface area contributed by atoms with Crippen LogP contribution in [0.5, 0.6) is 0 Å². The molecule has 0 saturated heterocycles. The van der Waals surface area contributed by atoms with Gasteiger partial charge in [0, 0.05) is 29.4 Å². The van der Waals surface area contributed by atoms with Crippen LogP contribution in [0.15, 0.2) is 6.07 Å². The van der Waals surface area contributed by atoms with E-state index >= 15 is 0 Å². The molecule has 0 fully saturated rings. The fraction of sp³-hybridized carbons (Fsp3) is 0.733. The van der Waals surface area contributed by atoms with Crippen LogP contribution in [0.1, 0.15) is 41.5 Å². The summed E-state index contributed by atoms with van der Waals surface area (Å²) in [4.78, 5) is 5.65. The second-order valence-electron chi connectivity index (χ2n) is 5.36. The van der Waals surface area contributed by atoms with E-state index in [1.807, 2.05) is 11.3 Å². The molecule has 0 saturated carbocycles. The minimum absolute atomic E-state index is 1.11. The summed E-state index contributed by atoms with van der Waals surface area (Å²) in [5.41, 5.74) is 1.64. The Kier molecular flexibility index (Phi) is 5.67. The highest BCUT2D eigenvalue weighted by atomic mass is 32.1. The highest BCUT2D eigenvalue weighted by Crippen LogP contribution is 2.30. The molecule has 2 rings (SSSR count). The van der Waals surface area contributed by atoms with Crippen LogP contribution in [-0.4, -0.2) is 31.6 Å². The van der Waals surface area contributed by atoms with E-state index < -0.39 is 0 Å². The smallest absolute Gasteiger partial charge is 0.0325 e. The Morgan fingerprint density at radius 2 is 2.11 bits per heavy atom. The van der Waals surface area contributed by atoms with Crippen molar-refractivity contribution in [1.29, 1.82) is 0 Å². The fourth-order valence-electron chi connectivity index (χ4n) is 2.55. The molecule has 1 aromatic rings. The first kappa shape index (κ1) is 14.0. The molecule has 1 N–H and O–H groups in total. The van der Waals surface area contributed by atoms with Gasteiger partial charge in [-0.2, -0.15) is 0 Å². The minimum Gasteiger partial charge on any atom is -0.315 e. The number of thiophene rings is 1. The summed E-state index contributed by atoms with van der Waals surface area (Å²) < 4.78 is 0. The van der Waals surface area contributed by atoms with Crippen molar-refractivity contribution in [3.63, 3.8) is 0 Å². The molecule has 0 spiro atoms. The van der Waals surface area contributed by atoms with Gasteiger partial charge >= 0.3 is 0 Å². The summed E-state index contributed by atoms with van der Waals surface area (Å²) in [5.74, 6) is 0. The number of hydrogen-bond donors (Lipinski definition) is 1. The Morgan fingerprint density at radius 1 is 1.28 bits per heavy atom. The van der Waals surface area contributed by atoms with E-state index in [0.717, 1.165) is 26.2 Å². The first-order valence-electron chi connectivity index (χ1n) is 7.29. The number of nitrogens with one attached hydrogen (secondary N) is 1. The van der Waals surface area contributed by atoms with Gasteiger partial charge in [-0.15, -0.1) is 11.3 Å². The van der Waals surface area contributed by atoms with Crippen molar-refractivity contribution in [3.05, 3.63) is 21.4 Å². The number of hydrogen-bond acceptors (Lipinski definition) is 3. The molecule has 0 radical (unpaired) electrons. The van der Waals surface area contributed by atoms with Gasteiger partial charge in [-0.3, -0.25) is 0 Å². The molecule has 0 atom stereocenters. The van der Waals surface area contributed by atoms with Gasteiger partial charge < -0.3 is 10.2 Å². The molecule has 2 nitrogen and oxygen atoms in total. The maximum atomic E-state index is 3.46. The number of aryl methyl sites for hydroxylation is 2. The normalized spacial score (nSPS) is 15.1. The van der Waals surface area contributed by atoms with Crippen molar-refractivity contribution >= 4 is 11.3 Å². The van der Waals surface area contributed by atoms with E-state index in [4.69, 9.17) is 0 Å². The van der Waals surface area contributed by atoms with Gasteiger partial charge in [-0.1, -0.05) is 6.92 Å². The second kappa shape index (κ2) is 7.27. The lowest BCUT2D eigenvalue weighted by molar-refractivity contribution is 0.327. The summed E-state index contributed by atoms with van der Waals surface area (Å²) in [6, 6.07) is 2.45. The maximum absolute atomic E-state index is 3.46. The largest absolute Gasteiger partial charge is 0.315 e. The van der Waals surface area contributed by atoms with Gasteiger partial charge in [0.2, 0.25) is 0 Å². The SMILES string of the molecule is CCCNCCN(C)Cc1cc2c(s1)CCCC2. The van der Waals surface area contributed by atoms with E-state index in [9.17, 15) is 0 Å². The van der Waals surface area contributed by atoms with Gasteiger partial charge in [-0.25, -0.2) is 0 Å². The predicted molar refractivity (Wildman–Crippen MR) is 80.5 cm³/mol. The number of likely N-dealkylation sites (N-methyl/N-ethyl adjacent to an activating group) is 1. The average Bonchev–Trinajstić information content (AvgIpc) is 2.76. The van der Waals surface area contributed by atoms with E-state index in [2.05, 4.69) is 30.3 Å². The average molecular weight is 266 g/mol. The Hall–Kier alpha value is -0.380. The Bertz CT molecular complexity index is 336. The van der Waals surface area contributed by atoms with E-state index in [-0.39, 0.29) is 0 Å². The Balaban J connectivity index is 1.76. The van der Waals surface area contributed by atoms with Crippen LogP contribution in [0, 0.1) is 0 Å². The summed E-state index contributed by atoms with van der Waals surface area (Å²) in [5, 5.41) is 3.46. The van der Waals surface area contributed by atoms with Crippen LogP contribution in [0.2, 0.25) is 0 Å². The summed E-state index contributed by atoms with van der Waals surface area (Å²) >= 11 is 2.05. The predicted octanol–water partition coefficient (Wildman–Crippen LogP) is 3.06. The summed E-state index contributed by atoms with van der Waals surface area (Å²) in [7, 11) is 2.23.